The summed E-state index contributed by atoms with van der Waals surface area (Å²) >= 11 is 0. The molecular weight excluding hydrogens is 236 g/mol. The van der Waals surface area contributed by atoms with Crippen molar-refractivity contribution in [2.24, 2.45) is 0 Å². The smallest absolute Gasteiger partial charge is 0.0770 e. The van der Waals surface area contributed by atoms with Gasteiger partial charge in [-0.25, -0.2) is 0 Å². The first kappa shape index (κ1) is 14.0. The highest BCUT2D eigenvalue weighted by atomic mass is 16.5. The van der Waals surface area contributed by atoms with E-state index in [9.17, 15) is 0 Å². The maximum Gasteiger partial charge on any atom is 0.0770 e. The molecule has 1 fully saturated rings. The number of ether oxygens (including phenoxy) is 2. The largest absolute Gasteiger partial charge is 0.373 e. The highest BCUT2D eigenvalue weighted by molar-refractivity contribution is 5.13. The summed E-state index contributed by atoms with van der Waals surface area (Å²) in [5.41, 5.74) is 1.15. The second-order valence-corrected chi connectivity index (χ2v) is 5.10. The molecule has 0 atom stereocenters. The van der Waals surface area contributed by atoms with E-state index in [4.69, 9.17) is 9.47 Å². The fraction of sp³-hybridized carbons (Fsp3) is 0.412. The van der Waals surface area contributed by atoms with Crippen LogP contribution < -0.4 is 0 Å². The molecule has 0 N–H and O–H groups in total. The molecule has 0 spiro atoms. The van der Waals surface area contributed by atoms with Crippen molar-refractivity contribution in [2.75, 3.05) is 6.61 Å². The van der Waals surface area contributed by atoms with Gasteiger partial charge in [-0.2, -0.15) is 0 Å². The van der Waals surface area contributed by atoms with Crippen molar-refractivity contribution in [1.82, 2.24) is 0 Å². The first-order valence-corrected chi connectivity index (χ1v) is 6.79. The minimum absolute atomic E-state index is 0.0721. The first-order valence-electron chi connectivity index (χ1n) is 6.79. The first-order chi connectivity index (χ1) is 9.28. The van der Waals surface area contributed by atoms with Gasteiger partial charge in [0.2, 0.25) is 0 Å². The molecule has 0 saturated heterocycles. The highest BCUT2D eigenvalue weighted by Crippen LogP contribution is 2.41. The monoisotopic (exact) mass is 258 g/mol. The third-order valence-corrected chi connectivity index (χ3v) is 3.55. The van der Waals surface area contributed by atoms with E-state index in [-0.39, 0.29) is 5.60 Å². The molecule has 1 aliphatic carbocycles. The van der Waals surface area contributed by atoms with Crippen LogP contribution in [0, 0.1) is 0 Å². The molecule has 2 heteroatoms. The summed E-state index contributed by atoms with van der Waals surface area (Å²) < 4.78 is 11.8. The van der Waals surface area contributed by atoms with E-state index in [1.807, 2.05) is 24.3 Å². The van der Waals surface area contributed by atoms with E-state index >= 15 is 0 Å². The van der Waals surface area contributed by atoms with Crippen LogP contribution in [0.25, 0.3) is 0 Å². The topological polar surface area (TPSA) is 18.5 Å². The Morgan fingerprint density at radius 2 is 1.89 bits per heavy atom. The van der Waals surface area contributed by atoms with Crippen LogP contribution in [0.1, 0.15) is 24.8 Å². The lowest BCUT2D eigenvalue weighted by Crippen LogP contribution is -2.50. The van der Waals surface area contributed by atoms with Gasteiger partial charge in [0.25, 0.3) is 0 Å². The lowest BCUT2D eigenvalue weighted by molar-refractivity contribution is -0.168. The molecule has 0 aliphatic heterocycles. The van der Waals surface area contributed by atoms with Gasteiger partial charge >= 0.3 is 0 Å². The molecule has 1 aromatic rings. The normalized spacial score (nSPS) is 25.6. The van der Waals surface area contributed by atoms with Gasteiger partial charge in [-0.05, 0) is 12.0 Å². The minimum Gasteiger partial charge on any atom is -0.373 e. The second-order valence-electron chi connectivity index (χ2n) is 5.10. The summed E-state index contributed by atoms with van der Waals surface area (Å²) in [5, 5.41) is 0. The number of rotatable bonds is 8. The Morgan fingerprint density at radius 1 is 1.16 bits per heavy atom. The van der Waals surface area contributed by atoms with Crippen LogP contribution in [-0.2, 0) is 16.1 Å². The third-order valence-electron chi connectivity index (χ3n) is 3.55. The molecular formula is C17H22O2. The van der Waals surface area contributed by atoms with Crippen LogP contribution in [0.2, 0.25) is 0 Å². The summed E-state index contributed by atoms with van der Waals surface area (Å²) in [7, 11) is 0. The van der Waals surface area contributed by atoms with E-state index < -0.39 is 0 Å². The van der Waals surface area contributed by atoms with Crippen LogP contribution in [0.4, 0.5) is 0 Å². The zero-order valence-corrected chi connectivity index (χ0v) is 11.4. The molecule has 19 heavy (non-hydrogen) atoms. The van der Waals surface area contributed by atoms with Crippen molar-refractivity contribution in [2.45, 2.75) is 37.6 Å². The molecule has 0 amide bonds. The molecule has 0 heterocycles. The second kappa shape index (κ2) is 6.69. The fourth-order valence-corrected chi connectivity index (χ4v) is 2.52. The Bertz CT molecular complexity index is 405. The van der Waals surface area contributed by atoms with E-state index in [0.717, 1.165) is 19.3 Å². The van der Waals surface area contributed by atoms with E-state index in [2.05, 4.69) is 25.3 Å². The number of benzene rings is 1. The van der Waals surface area contributed by atoms with Crippen LogP contribution in [0.3, 0.4) is 0 Å². The molecule has 2 nitrogen and oxygen atoms in total. The Morgan fingerprint density at radius 3 is 2.53 bits per heavy atom. The van der Waals surface area contributed by atoms with Gasteiger partial charge in [0, 0.05) is 12.8 Å². The molecule has 0 radical (unpaired) electrons. The Labute approximate surface area is 115 Å². The van der Waals surface area contributed by atoms with Gasteiger partial charge in [0.15, 0.2) is 0 Å². The lowest BCUT2D eigenvalue weighted by Gasteiger charge is -2.46. The Balaban J connectivity index is 1.77. The Kier molecular flexibility index (Phi) is 4.94. The van der Waals surface area contributed by atoms with Gasteiger partial charge < -0.3 is 9.47 Å². The van der Waals surface area contributed by atoms with Gasteiger partial charge in [0.05, 0.1) is 24.9 Å². The SMILES string of the molecule is C=CCOC1(CC=C)CC(OCc2ccccc2)C1. The third kappa shape index (κ3) is 3.79. The van der Waals surface area contributed by atoms with Crippen LogP contribution in [0.15, 0.2) is 55.6 Å². The average molecular weight is 258 g/mol. The van der Waals surface area contributed by atoms with Crippen molar-refractivity contribution in [3.05, 3.63) is 61.2 Å². The number of hydrogen-bond acceptors (Lipinski definition) is 2. The molecule has 102 valence electrons. The quantitative estimate of drug-likeness (QED) is 0.659. The molecule has 0 bridgehead atoms. The predicted molar refractivity (Wildman–Crippen MR) is 77.9 cm³/mol. The maximum absolute atomic E-state index is 5.91. The molecule has 1 aliphatic rings. The molecule has 1 aromatic carbocycles. The predicted octanol–water partition coefficient (Wildman–Crippen LogP) is 3.88. The standard InChI is InChI=1S/C17H22O2/c1-3-10-17(19-11-4-2)12-16(13-17)18-14-15-8-6-5-7-9-15/h3-9,16H,1-2,10-14H2. The van der Waals surface area contributed by atoms with Gasteiger partial charge in [-0.1, -0.05) is 42.5 Å². The van der Waals surface area contributed by atoms with Crippen molar-refractivity contribution >= 4 is 0 Å². The molecule has 0 unspecified atom stereocenters. The average Bonchev–Trinajstić information content (AvgIpc) is 2.41. The summed E-state index contributed by atoms with van der Waals surface area (Å²) in [6.45, 7) is 8.78. The van der Waals surface area contributed by atoms with Gasteiger partial charge in [-0.3, -0.25) is 0 Å². The van der Waals surface area contributed by atoms with Crippen molar-refractivity contribution in [3.8, 4) is 0 Å². The zero-order chi connectivity index (χ0) is 13.6. The van der Waals surface area contributed by atoms with E-state index in [1.165, 1.54) is 5.56 Å². The van der Waals surface area contributed by atoms with E-state index in [0.29, 0.717) is 19.3 Å². The van der Waals surface area contributed by atoms with Crippen molar-refractivity contribution in [3.63, 3.8) is 0 Å². The van der Waals surface area contributed by atoms with Crippen LogP contribution in [0.5, 0.6) is 0 Å². The maximum atomic E-state index is 5.91. The number of hydrogen-bond donors (Lipinski definition) is 0. The highest BCUT2D eigenvalue weighted by Gasteiger charge is 2.44. The van der Waals surface area contributed by atoms with Crippen molar-refractivity contribution < 1.29 is 9.47 Å². The van der Waals surface area contributed by atoms with Crippen LogP contribution in [-0.4, -0.2) is 18.3 Å². The minimum atomic E-state index is -0.0721. The molecule has 2 rings (SSSR count). The van der Waals surface area contributed by atoms with Crippen LogP contribution >= 0.6 is 0 Å². The summed E-state index contributed by atoms with van der Waals surface area (Å²) in [4.78, 5) is 0. The Hall–Kier alpha value is -1.38. The summed E-state index contributed by atoms with van der Waals surface area (Å²) in [6, 6.07) is 10.3. The zero-order valence-electron chi connectivity index (χ0n) is 11.4. The fourth-order valence-electron chi connectivity index (χ4n) is 2.52. The van der Waals surface area contributed by atoms with E-state index in [1.54, 1.807) is 6.08 Å². The molecule has 0 aromatic heterocycles. The van der Waals surface area contributed by atoms with Gasteiger partial charge in [0.1, 0.15) is 0 Å². The van der Waals surface area contributed by atoms with Gasteiger partial charge in [-0.15, -0.1) is 13.2 Å². The molecule has 1 saturated carbocycles. The lowest BCUT2D eigenvalue weighted by atomic mass is 9.75. The summed E-state index contributed by atoms with van der Waals surface area (Å²) in [5.74, 6) is 0. The summed E-state index contributed by atoms with van der Waals surface area (Å²) in [6.07, 6.45) is 6.79. The van der Waals surface area contributed by atoms with Crippen molar-refractivity contribution in [1.29, 1.82) is 0 Å².